The Balaban J connectivity index is 2.06. The van der Waals surface area contributed by atoms with Crippen molar-refractivity contribution in [2.45, 2.75) is 42.5 Å². The lowest BCUT2D eigenvalue weighted by Gasteiger charge is -2.44. The summed E-state index contributed by atoms with van der Waals surface area (Å²) >= 11 is 0. The minimum absolute atomic E-state index is 0.0000477. The predicted octanol–water partition coefficient (Wildman–Crippen LogP) is 1.73. The summed E-state index contributed by atoms with van der Waals surface area (Å²) in [4.78, 5) is -0.0000477. The molecule has 1 saturated carbocycles. The summed E-state index contributed by atoms with van der Waals surface area (Å²) in [5.41, 5.74) is -2.06. The Labute approximate surface area is 114 Å². The van der Waals surface area contributed by atoms with Crippen LogP contribution in [0, 0.1) is 6.92 Å². The topological polar surface area (TPSA) is 66.4 Å². The van der Waals surface area contributed by atoms with Gasteiger partial charge in [-0.3, -0.25) is 0 Å². The van der Waals surface area contributed by atoms with Gasteiger partial charge in [-0.2, -0.15) is 13.2 Å². The van der Waals surface area contributed by atoms with E-state index in [1.165, 1.54) is 12.1 Å². The molecular formula is C12H14F3NO3S. The fourth-order valence-corrected chi connectivity index (χ4v) is 3.48. The SMILES string of the molecule is Cc1cccc(S(=O)(=O)NC2CC(O)(C(F)(F)F)C2)c1. The second-order valence-electron chi connectivity index (χ2n) is 5.07. The lowest BCUT2D eigenvalue weighted by Crippen LogP contribution is -2.62. The van der Waals surface area contributed by atoms with Gasteiger partial charge in [-0.05, 0) is 24.6 Å². The Morgan fingerprint density at radius 2 is 1.95 bits per heavy atom. The molecule has 1 aromatic carbocycles. The van der Waals surface area contributed by atoms with E-state index < -0.39 is 40.7 Å². The van der Waals surface area contributed by atoms with Gasteiger partial charge in [0.1, 0.15) is 0 Å². The molecule has 0 spiro atoms. The average molecular weight is 309 g/mol. The maximum Gasteiger partial charge on any atom is 0.417 e. The molecule has 4 nitrogen and oxygen atoms in total. The zero-order chi connectivity index (χ0) is 15.2. The van der Waals surface area contributed by atoms with Crippen LogP contribution in [0.1, 0.15) is 18.4 Å². The summed E-state index contributed by atoms with van der Waals surface area (Å²) in [7, 11) is -3.87. The summed E-state index contributed by atoms with van der Waals surface area (Å²) in [5.74, 6) is 0. The highest BCUT2D eigenvalue weighted by molar-refractivity contribution is 7.89. The number of hydrogen-bond acceptors (Lipinski definition) is 3. The summed E-state index contributed by atoms with van der Waals surface area (Å²) in [6, 6.07) is 5.15. The van der Waals surface area contributed by atoms with Crippen molar-refractivity contribution >= 4 is 10.0 Å². The third kappa shape index (κ3) is 2.82. The highest BCUT2D eigenvalue weighted by Crippen LogP contribution is 2.45. The van der Waals surface area contributed by atoms with Gasteiger partial charge < -0.3 is 5.11 Å². The van der Waals surface area contributed by atoms with E-state index in [0.717, 1.165) is 5.56 Å². The number of sulfonamides is 1. The summed E-state index contributed by atoms with van der Waals surface area (Å²) in [6.07, 6.45) is -6.07. The number of hydrogen-bond donors (Lipinski definition) is 2. The third-order valence-corrected chi connectivity index (χ3v) is 4.84. The van der Waals surface area contributed by atoms with E-state index in [4.69, 9.17) is 0 Å². The van der Waals surface area contributed by atoms with Crippen molar-refractivity contribution in [3.63, 3.8) is 0 Å². The third-order valence-electron chi connectivity index (χ3n) is 3.32. The maximum absolute atomic E-state index is 12.4. The Hall–Kier alpha value is -1.12. The van der Waals surface area contributed by atoms with E-state index in [2.05, 4.69) is 4.72 Å². The molecule has 0 saturated heterocycles. The molecule has 20 heavy (non-hydrogen) atoms. The molecule has 0 aromatic heterocycles. The Kier molecular flexibility index (Phi) is 3.60. The minimum atomic E-state index is -4.74. The number of aliphatic hydroxyl groups is 1. The van der Waals surface area contributed by atoms with Crippen LogP contribution in [0.5, 0.6) is 0 Å². The van der Waals surface area contributed by atoms with Crippen LogP contribution in [0.2, 0.25) is 0 Å². The number of rotatable bonds is 3. The summed E-state index contributed by atoms with van der Waals surface area (Å²) in [6.45, 7) is 1.71. The van der Waals surface area contributed by atoms with Crippen molar-refractivity contribution < 1.29 is 26.7 Å². The summed E-state index contributed by atoms with van der Waals surface area (Å²) < 4.78 is 63.4. The van der Waals surface area contributed by atoms with Crippen LogP contribution in [0.25, 0.3) is 0 Å². The normalized spacial score (nSPS) is 27.1. The fraction of sp³-hybridized carbons (Fsp3) is 0.500. The number of halogens is 3. The molecule has 0 bridgehead atoms. The van der Waals surface area contributed by atoms with E-state index in [9.17, 15) is 26.7 Å². The molecule has 0 unspecified atom stereocenters. The second-order valence-corrected chi connectivity index (χ2v) is 6.79. The standard InChI is InChI=1S/C12H14F3NO3S/c1-8-3-2-4-10(5-8)20(18,19)16-9-6-11(17,7-9)12(13,14)15/h2-5,9,16-17H,6-7H2,1H3. The fourth-order valence-electron chi connectivity index (χ4n) is 2.14. The Morgan fingerprint density at radius 1 is 1.35 bits per heavy atom. The molecular weight excluding hydrogens is 295 g/mol. The lowest BCUT2D eigenvalue weighted by atomic mass is 9.76. The first-order valence-corrected chi connectivity index (χ1v) is 7.40. The van der Waals surface area contributed by atoms with Gasteiger partial charge in [0.2, 0.25) is 10.0 Å². The first kappa shape index (κ1) is 15.3. The minimum Gasteiger partial charge on any atom is -0.380 e. The molecule has 0 atom stereocenters. The van der Waals surface area contributed by atoms with Gasteiger partial charge in [-0.15, -0.1) is 0 Å². The predicted molar refractivity (Wildman–Crippen MR) is 65.5 cm³/mol. The molecule has 0 amide bonds. The molecule has 1 aliphatic carbocycles. The van der Waals surface area contributed by atoms with E-state index >= 15 is 0 Å². The molecule has 0 aliphatic heterocycles. The highest BCUT2D eigenvalue weighted by atomic mass is 32.2. The van der Waals surface area contributed by atoms with Gasteiger partial charge in [0.25, 0.3) is 0 Å². The zero-order valence-electron chi connectivity index (χ0n) is 10.6. The van der Waals surface area contributed by atoms with Crippen LogP contribution in [-0.2, 0) is 10.0 Å². The molecule has 0 heterocycles. The van der Waals surface area contributed by atoms with Crippen LogP contribution in [0.4, 0.5) is 13.2 Å². The van der Waals surface area contributed by atoms with Crippen LogP contribution < -0.4 is 4.72 Å². The van der Waals surface area contributed by atoms with E-state index in [0.29, 0.717) is 0 Å². The first-order chi connectivity index (χ1) is 9.03. The van der Waals surface area contributed by atoms with Gasteiger partial charge in [-0.25, -0.2) is 13.1 Å². The van der Waals surface area contributed by atoms with Gasteiger partial charge in [0, 0.05) is 18.9 Å². The number of aryl methyl sites for hydroxylation is 1. The molecule has 1 aliphatic rings. The average Bonchev–Trinajstić information content (AvgIpc) is 2.25. The molecule has 2 rings (SSSR count). The van der Waals surface area contributed by atoms with E-state index in [-0.39, 0.29) is 4.90 Å². The molecule has 8 heteroatoms. The van der Waals surface area contributed by atoms with Gasteiger partial charge in [-0.1, -0.05) is 12.1 Å². The number of alkyl halides is 3. The Bertz CT molecular complexity index is 607. The van der Waals surface area contributed by atoms with E-state index in [1.54, 1.807) is 19.1 Å². The zero-order valence-corrected chi connectivity index (χ0v) is 11.4. The lowest BCUT2D eigenvalue weighted by molar-refractivity contribution is -0.290. The van der Waals surface area contributed by atoms with Crippen molar-refractivity contribution in [3.8, 4) is 0 Å². The second kappa shape index (κ2) is 4.71. The van der Waals surface area contributed by atoms with Crippen LogP contribution >= 0.6 is 0 Å². The van der Waals surface area contributed by atoms with Crippen LogP contribution in [-0.4, -0.2) is 31.3 Å². The van der Waals surface area contributed by atoms with Crippen molar-refractivity contribution in [3.05, 3.63) is 29.8 Å². The van der Waals surface area contributed by atoms with Crippen LogP contribution in [0.15, 0.2) is 29.2 Å². The largest absolute Gasteiger partial charge is 0.417 e. The van der Waals surface area contributed by atoms with Crippen molar-refractivity contribution in [1.29, 1.82) is 0 Å². The highest BCUT2D eigenvalue weighted by Gasteiger charge is 2.61. The van der Waals surface area contributed by atoms with Crippen molar-refractivity contribution in [2.75, 3.05) is 0 Å². The molecule has 0 radical (unpaired) electrons. The van der Waals surface area contributed by atoms with Crippen molar-refractivity contribution in [1.82, 2.24) is 4.72 Å². The van der Waals surface area contributed by atoms with Gasteiger partial charge in [0.05, 0.1) is 4.90 Å². The number of benzene rings is 1. The number of nitrogens with one attached hydrogen (secondary N) is 1. The maximum atomic E-state index is 12.4. The van der Waals surface area contributed by atoms with E-state index in [1.807, 2.05) is 0 Å². The quantitative estimate of drug-likeness (QED) is 0.893. The molecule has 1 fully saturated rings. The van der Waals surface area contributed by atoms with Gasteiger partial charge >= 0.3 is 6.18 Å². The van der Waals surface area contributed by atoms with Crippen molar-refractivity contribution in [2.24, 2.45) is 0 Å². The molecule has 112 valence electrons. The summed E-state index contributed by atoms with van der Waals surface area (Å²) in [5, 5.41) is 9.27. The molecule has 1 aromatic rings. The smallest absolute Gasteiger partial charge is 0.380 e. The van der Waals surface area contributed by atoms with Crippen LogP contribution in [0.3, 0.4) is 0 Å². The Morgan fingerprint density at radius 3 is 2.45 bits per heavy atom. The first-order valence-electron chi connectivity index (χ1n) is 5.92. The monoisotopic (exact) mass is 309 g/mol. The molecule has 2 N–H and O–H groups in total. The van der Waals surface area contributed by atoms with Gasteiger partial charge in [0.15, 0.2) is 5.60 Å².